The van der Waals surface area contributed by atoms with E-state index in [-0.39, 0.29) is 6.42 Å². The smallest absolute Gasteiger partial charge is 0.304 e. The van der Waals surface area contributed by atoms with Gasteiger partial charge in [0.1, 0.15) is 0 Å². The van der Waals surface area contributed by atoms with Crippen molar-refractivity contribution in [3.8, 4) is 0 Å². The number of hydrogen-bond acceptors (Lipinski definition) is 3. The highest BCUT2D eigenvalue weighted by Crippen LogP contribution is 2.28. The van der Waals surface area contributed by atoms with Crippen molar-refractivity contribution in [2.24, 2.45) is 0 Å². The Bertz CT molecular complexity index is 385. The van der Waals surface area contributed by atoms with Gasteiger partial charge in [0, 0.05) is 31.9 Å². The maximum Gasteiger partial charge on any atom is 0.304 e. The largest absolute Gasteiger partial charge is 0.481 e. The van der Waals surface area contributed by atoms with E-state index in [1.165, 1.54) is 18.5 Å². The third-order valence-corrected chi connectivity index (χ3v) is 3.15. The van der Waals surface area contributed by atoms with Gasteiger partial charge in [-0.15, -0.1) is 0 Å². The van der Waals surface area contributed by atoms with Crippen molar-refractivity contribution < 1.29 is 9.90 Å². The Kier molecular flexibility index (Phi) is 3.78. The van der Waals surface area contributed by atoms with Crippen LogP contribution in [0.25, 0.3) is 0 Å². The monoisotopic (exact) mass is 237 g/mol. The molecule has 1 aliphatic rings. The number of nitrogens with zero attached hydrogens (tertiary/aromatic N) is 3. The van der Waals surface area contributed by atoms with E-state index >= 15 is 0 Å². The number of aryl methyl sites for hydroxylation is 1. The highest BCUT2D eigenvalue weighted by Gasteiger charge is 2.29. The van der Waals surface area contributed by atoms with Crippen molar-refractivity contribution in [1.82, 2.24) is 14.7 Å². The first-order valence-corrected chi connectivity index (χ1v) is 6.17. The molecule has 1 N–H and O–H groups in total. The van der Waals surface area contributed by atoms with Crippen LogP contribution in [-0.4, -0.2) is 38.3 Å². The summed E-state index contributed by atoms with van der Waals surface area (Å²) in [6, 6.07) is 2.59. The predicted molar refractivity (Wildman–Crippen MR) is 63.6 cm³/mol. The Morgan fingerprint density at radius 3 is 3.00 bits per heavy atom. The predicted octanol–water partition coefficient (Wildman–Crippen LogP) is 1.34. The van der Waals surface area contributed by atoms with Gasteiger partial charge < -0.3 is 5.11 Å². The SMILES string of the molecule is CCn1nccc1CN(CCC(=O)O)C1CC1. The average Bonchev–Trinajstić information content (AvgIpc) is 3.04. The lowest BCUT2D eigenvalue weighted by Crippen LogP contribution is -2.29. The maximum absolute atomic E-state index is 10.6. The number of carboxylic acids is 1. The molecule has 5 nitrogen and oxygen atoms in total. The maximum atomic E-state index is 10.6. The molecule has 0 spiro atoms. The molecular weight excluding hydrogens is 218 g/mol. The molecule has 1 fully saturated rings. The quantitative estimate of drug-likeness (QED) is 0.777. The third-order valence-electron chi connectivity index (χ3n) is 3.15. The van der Waals surface area contributed by atoms with E-state index in [0.29, 0.717) is 12.6 Å². The number of aliphatic carboxylic acids is 1. The number of aromatic nitrogens is 2. The summed E-state index contributed by atoms with van der Waals surface area (Å²) < 4.78 is 1.97. The average molecular weight is 237 g/mol. The molecule has 1 saturated carbocycles. The van der Waals surface area contributed by atoms with Gasteiger partial charge >= 0.3 is 5.97 Å². The van der Waals surface area contributed by atoms with Crippen LogP contribution >= 0.6 is 0 Å². The molecule has 1 aliphatic carbocycles. The van der Waals surface area contributed by atoms with Gasteiger partial charge in [-0.1, -0.05) is 0 Å². The summed E-state index contributed by atoms with van der Waals surface area (Å²) >= 11 is 0. The minimum Gasteiger partial charge on any atom is -0.481 e. The fourth-order valence-electron chi connectivity index (χ4n) is 2.06. The number of rotatable bonds is 7. The van der Waals surface area contributed by atoms with Gasteiger partial charge in [0.05, 0.1) is 12.1 Å². The normalized spacial score (nSPS) is 15.4. The highest BCUT2D eigenvalue weighted by atomic mass is 16.4. The zero-order valence-electron chi connectivity index (χ0n) is 10.2. The van der Waals surface area contributed by atoms with Gasteiger partial charge in [0.2, 0.25) is 0 Å². The van der Waals surface area contributed by atoms with Gasteiger partial charge in [-0.2, -0.15) is 5.10 Å². The van der Waals surface area contributed by atoms with Gasteiger partial charge in [0.25, 0.3) is 0 Å². The van der Waals surface area contributed by atoms with E-state index in [2.05, 4.69) is 16.9 Å². The molecule has 0 radical (unpaired) electrons. The van der Waals surface area contributed by atoms with Crippen LogP contribution < -0.4 is 0 Å². The summed E-state index contributed by atoms with van der Waals surface area (Å²) in [5, 5.41) is 13.0. The molecule has 17 heavy (non-hydrogen) atoms. The van der Waals surface area contributed by atoms with Crippen LogP contribution in [0.15, 0.2) is 12.3 Å². The van der Waals surface area contributed by atoms with Crippen LogP contribution in [0.4, 0.5) is 0 Å². The van der Waals surface area contributed by atoms with Crippen LogP contribution in [0, 0.1) is 0 Å². The second kappa shape index (κ2) is 5.31. The summed E-state index contributed by atoms with van der Waals surface area (Å²) in [4.78, 5) is 12.9. The van der Waals surface area contributed by atoms with Crippen molar-refractivity contribution in [2.45, 2.75) is 45.3 Å². The van der Waals surface area contributed by atoms with Crippen molar-refractivity contribution in [3.63, 3.8) is 0 Å². The molecule has 0 amide bonds. The van der Waals surface area contributed by atoms with E-state index in [0.717, 1.165) is 13.1 Å². The minimum atomic E-state index is -0.723. The molecular formula is C12H19N3O2. The van der Waals surface area contributed by atoms with Gasteiger partial charge in [-0.05, 0) is 25.8 Å². The lowest BCUT2D eigenvalue weighted by molar-refractivity contribution is -0.137. The Morgan fingerprint density at radius 2 is 2.41 bits per heavy atom. The minimum absolute atomic E-state index is 0.219. The van der Waals surface area contributed by atoms with Crippen molar-refractivity contribution in [1.29, 1.82) is 0 Å². The van der Waals surface area contributed by atoms with Gasteiger partial charge in [-0.25, -0.2) is 0 Å². The first kappa shape index (κ1) is 12.1. The molecule has 0 aliphatic heterocycles. The Balaban J connectivity index is 1.95. The summed E-state index contributed by atoms with van der Waals surface area (Å²) in [5.41, 5.74) is 1.17. The summed E-state index contributed by atoms with van der Waals surface area (Å²) in [6.45, 7) is 4.37. The lowest BCUT2D eigenvalue weighted by atomic mass is 10.3. The van der Waals surface area contributed by atoms with E-state index < -0.39 is 5.97 Å². The van der Waals surface area contributed by atoms with Crippen LogP contribution in [0.1, 0.15) is 31.9 Å². The second-order valence-corrected chi connectivity index (χ2v) is 4.48. The summed E-state index contributed by atoms with van der Waals surface area (Å²) in [5.74, 6) is -0.723. The van der Waals surface area contributed by atoms with Gasteiger partial charge in [-0.3, -0.25) is 14.4 Å². The molecule has 5 heteroatoms. The zero-order valence-corrected chi connectivity index (χ0v) is 10.2. The van der Waals surface area contributed by atoms with Crippen LogP contribution in [-0.2, 0) is 17.9 Å². The molecule has 2 rings (SSSR count). The molecule has 94 valence electrons. The van der Waals surface area contributed by atoms with Gasteiger partial charge in [0.15, 0.2) is 0 Å². The molecule has 1 aromatic heterocycles. The first-order valence-electron chi connectivity index (χ1n) is 6.17. The fraction of sp³-hybridized carbons (Fsp3) is 0.667. The van der Waals surface area contributed by atoms with Crippen LogP contribution in [0.3, 0.4) is 0 Å². The molecule has 1 heterocycles. The number of hydrogen-bond donors (Lipinski definition) is 1. The summed E-state index contributed by atoms with van der Waals surface area (Å²) in [7, 11) is 0. The Hall–Kier alpha value is -1.36. The second-order valence-electron chi connectivity index (χ2n) is 4.48. The Morgan fingerprint density at radius 1 is 1.65 bits per heavy atom. The van der Waals surface area contributed by atoms with Crippen LogP contribution in [0.5, 0.6) is 0 Å². The lowest BCUT2D eigenvalue weighted by Gasteiger charge is -2.21. The van der Waals surface area contributed by atoms with E-state index in [4.69, 9.17) is 5.11 Å². The molecule has 0 aromatic carbocycles. The zero-order chi connectivity index (χ0) is 12.3. The first-order chi connectivity index (χ1) is 8.20. The topological polar surface area (TPSA) is 58.4 Å². The van der Waals surface area contributed by atoms with Crippen molar-refractivity contribution in [2.75, 3.05) is 6.54 Å². The number of carbonyl (C=O) groups is 1. The highest BCUT2D eigenvalue weighted by molar-refractivity contribution is 5.66. The fourth-order valence-corrected chi connectivity index (χ4v) is 2.06. The standard InChI is InChI=1S/C12H19N3O2/c1-2-15-11(5-7-13-15)9-14(10-3-4-10)8-6-12(16)17/h5,7,10H,2-4,6,8-9H2,1H3,(H,16,17). The van der Waals surface area contributed by atoms with E-state index in [9.17, 15) is 4.79 Å². The van der Waals surface area contributed by atoms with E-state index in [1.807, 2.05) is 10.7 Å². The van der Waals surface area contributed by atoms with Crippen LogP contribution in [0.2, 0.25) is 0 Å². The third kappa shape index (κ3) is 3.30. The van der Waals surface area contributed by atoms with Crippen molar-refractivity contribution >= 4 is 5.97 Å². The van der Waals surface area contributed by atoms with Crippen molar-refractivity contribution in [3.05, 3.63) is 18.0 Å². The molecule has 0 unspecified atom stereocenters. The summed E-state index contributed by atoms with van der Waals surface area (Å²) in [6.07, 6.45) is 4.41. The molecule has 0 saturated heterocycles. The molecule has 1 aromatic rings. The van der Waals surface area contributed by atoms with E-state index in [1.54, 1.807) is 6.20 Å². The Labute approximate surface area is 101 Å². The number of carboxylic acid groups (broad SMARTS) is 1. The molecule has 0 bridgehead atoms. The molecule has 0 atom stereocenters.